The Balaban J connectivity index is 2.64. The fourth-order valence-electron chi connectivity index (χ4n) is 2.46. The lowest BCUT2D eigenvalue weighted by Gasteiger charge is -2.26. The number of aliphatic hydroxyl groups excluding tert-OH is 1. The maximum atomic E-state index is 9.51. The summed E-state index contributed by atoms with van der Waals surface area (Å²) in [6, 6.07) is 2.16. The quantitative estimate of drug-likeness (QED) is 0.898. The van der Waals surface area contributed by atoms with E-state index in [0.717, 1.165) is 35.6 Å². The molecule has 0 saturated carbocycles. The summed E-state index contributed by atoms with van der Waals surface area (Å²) >= 11 is 6.42. The van der Waals surface area contributed by atoms with Crippen LogP contribution in [0, 0.1) is 0 Å². The molecule has 2 rings (SSSR count). The van der Waals surface area contributed by atoms with Crippen molar-refractivity contribution in [1.82, 2.24) is 0 Å². The average molecular weight is 255 g/mol. The number of methoxy groups -OCH3 is 1. The molecule has 0 radical (unpaired) electrons. The van der Waals surface area contributed by atoms with Crippen molar-refractivity contribution < 1.29 is 9.84 Å². The summed E-state index contributed by atoms with van der Waals surface area (Å²) in [5.74, 6) is 0.728. The third-order valence-corrected chi connectivity index (χ3v) is 4.02. The number of hydrogen-bond donors (Lipinski definition) is 1. The Hall–Kier alpha value is -0.730. The first-order valence-electron chi connectivity index (χ1n) is 6.01. The first-order chi connectivity index (χ1) is 8.01. The number of aryl methyl sites for hydroxylation is 1. The van der Waals surface area contributed by atoms with Gasteiger partial charge in [-0.15, -0.1) is 0 Å². The number of aliphatic hydroxyl groups is 1. The van der Waals surface area contributed by atoms with Crippen molar-refractivity contribution >= 4 is 11.6 Å². The highest BCUT2D eigenvalue weighted by Crippen LogP contribution is 2.43. The molecular formula is C14H19ClO2. The van der Waals surface area contributed by atoms with Gasteiger partial charge in [0.25, 0.3) is 0 Å². The highest BCUT2D eigenvalue weighted by atomic mass is 35.5. The van der Waals surface area contributed by atoms with Gasteiger partial charge in [0, 0.05) is 11.0 Å². The van der Waals surface area contributed by atoms with Crippen LogP contribution in [0.15, 0.2) is 6.07 Å². The molecule has 1 aliphatic carbocycles. The van der Waals surface area contributed by atoms with Gasteiger partial charge in [0.15, 0.2) is 0 Å². The molecule has 0 spiro atoms. The molecule has 0 heterocycles. The fourth-order valence-corrected chi connectivity index (χ4v) is 2.85. The van der Waals surface area contributed by atoms with E-state index in [0.29, 0.717) is 0 Å². The lowest BCUT2D eigenvalue weighted by molar-refractivity contribution is 0.214. The summed E-state index contributed by atoms with van der Waals surface area (Å²) < 4.78 is 5.45. The number of benzene rings is 1. The highest BCUT2D eigenvalue weighted by molar-refractivity contribution is 6.33. The SMILES string of the molecule is COc1c(C(C)(C)CO)cc2c(c1Cl)CCC2. The summed E-state index contributed by atoms with van der Waals surface area (Å²) in [6.45, 7) is 4.09. The molecule has 1 aliphatic rings. The second-order valence-electron chi connectivity index (χ2n) is 5.30. The Morgan fingerprint density at radius 1 is 1.41 bits per heavy atom. The van der Waals surface area contributed by atoms with Crippen molar-refractivity contribution in [1.29, 1.82) is 0 Å². The monoisotopic (exact) mass is 254 g/mol. The Kier molecular flexibility index (Phi) is 3.37. The second-order valence-corrected chi connectivity index (χ2v) is 5.68. The fraction of sp³-hybridized carbons (Fsp3) is 0.571. The van der Waals surface area contributed by atoms with E-state index >= 15 is 0 Å². The van der Waals surface area contributed by atoms with E-state index in [9.17, 15) is 5.11 Å². The van der Waals surface area contributed by atoms with E-state index in [4.69, 9.17) is 16.3 Å². The van der Waals surface area contributed by atoms with Crippen LogP contribution in [0.1, 0.15) is 37.0 Å². The number of fused-ring (bicyclic) bond motifs is 1. The van der Waals surface area contributed by atoms with Crippen molar-refractivity contribution in [2.75, 3.05) is 13.7 Å². The maximum Gasteiger partial charge on any atom is 0.141 e. The minimum absolute atomic E-state index is 0.0818. The summed E-state index contributed by atoms with van der Waals surface area (Å²) in [4.78, 5) is 0. The van der Waals surface area contributed by atoms with Crippen LogP contribution in [0.25, 0.3) is 0 Å². The van der Waals surface area contributed by atoms with Crippen LogP contribution in [0.4, 0.5) is 0 Å². The van der Waals surface area contributed by atoms with Crippen LogP contribution in [0.5, 0.6) is 5.75 Å². The van der Waals surface area contributed by atoms with Crippen LogP contribution in [0.2, 0.25) is 5.02 Å². The minimum Gasteiger partial charge on any atom is -0.495 e. The van der Waals surface area contributed by atoms with Crippen molar-refractivity contribution in [3.8, 4) is 5.75 Å². The molecule has 1 N–H and O–H groups in total. The minimum atomic E-state index is -0.327. The topological polar surface area (TPSA) is 29.5 Å². The smallest absolute Gasteiger partial charge is 0.141 e. The predicted octanol–water partition coefficient (Wildman–Crippen LogP) is 3.11. The zero-order valence-electron chi connectivity index (χ0n) is 10.6. The first kappa shape index (κ1) is 12.7. The Bertz CT molecular complexity index is 438. The standard InChI is InChI=1S/C14H19ClO2/c1-14(2,8-16)11-7-9-5-4-6-10(9)12(15)13(11)17-3/h7,16H,4-6,8H2,1-3H3. The molecule has 0 amide bonds. The van der Waals surface area contributed by atoms with Crippen molar-refractivity contribution in [2.45, 2.75) is 38.5 Å². The van der Waals surface area contributed by atoms with Crippen LogP contribution in [0.3, 0.4) is 0 Å². The van der Waals surface area contributed by atoms with Crippen molar-refractivity contribution in [3.05, 3.63) is 27.8 Å². The van der Waals surface area contributed by atoms with E-state index in [2.05, 4.69) is 6.07 Å². The summed E-state index contributed by atoms with van der Waals surface area (Å²) in [7, 11) is 1.64. The van der Waals surface area contributed by atoms with Crippen LogP contribution in [-0.2, 0) is 18.3 Å². The first-order valence-corrected chi connectivity index (χ1v) is 6.38. The molecule has 0 aromatic heterocycles. The van der Waals surface area contributed by atoms with Gasteiger partial charge in [-0.2, -0.15) is 0 Å². The Morgan fingerprint density at radius 3 is 2.71 bits per heavy atom. The highest BCUT2D eigenvalue weighted by Gasteiger charge is 2.29. The predicted molar refractivity (Wildman–Crippen MR) is 70.1 cm³/mol. The van der Waals surface area contributed by atoms with Gasteiger partial charge in [-0.3, -0.25) is 0 Å². The van der Waals surface area contributed by atoms with E-state index in [1.165, 1.54) is 11.1 Å². The van der Waals surface area contributed by atoms with Crippen LogP contribution >= 0.6 is 11.6 Å². The largest absolute Gasteiger partial charge is 0.495 e. The molecule has 0 unspecified atom stereocenters. The lowest BCUT2D eigenvalue weighted by Crippen LogP contribution is -2.23. The van der Waals surface area contributed by atoms with Gasteiger partial charge in [-0.05, 0) is 30.4 Å². The molecule has 0 saturated heterocycles. The molecule has 3 heteroatoms. The van der Waals surface area contributed by atoms with Gasteiger partial charge in [-0.1, -0.05) is 31.5 Å². The molecule has 1 aromatic carbocycles. The Morgan fingerprint density at radius 2 is 2.12 bits per heavy atom. The van der Waals surface area contributed by atoms with Gasteiger partial charge < -0.3 is 9.84 Å². The van der Waals surface area contributed by atoms with Gasteiger partial charge >= 0.3 is 0 Å². The van der Waals surface area contributed by atoms with Gasteiger partial charge in [0.1, 0.15) is 5.75 Å². The Labute approximate surface area is 108 Å². The third-order valence-electron chi connectivity index (χ3n) is 3.62. The van der Waals surface area contributed by atoms with E-state index in [1.807, 2.05) is 13.8 Å². The molecular weight excluding hydrogens is 236 g/mol. The average Bonchev–Trinajstić information content (AvgIpc) is 2.77. The van der Waals surface area contributed by atoms with E-state index < -0.39 is 0 Å². The molecule has 2 nitrogen and oxygen atoms in total. The number of halogens is 1. The number of ether oxygens (including phenoxy) is 1. The third kappa shape index (κ3) is 2.04. The molecule has 1 aromatic rings. The van der Waals surface area contributed by atoms with E-state index in [1.54, 1.807) is 7.11 Å². The summed E-state index contributed by atoms with van der Waals surface area (Å²) in [6.07, 6.45) is 3.26. The van der Waals surface area contributed by atoms with Gasteiger partial charge in [0.2, 0.25) is 0 Å². The molecule has 17 heavy (non-hydrogen) atoms. The molecule has 0 aliphatic heterocycles. The number of hydrogen-bond acceptors (Lipinski definition) is 2. The summed E-state index contributed by atoms with van der Waals surface area (Å²) in [5.41, 5.74) is 3.22. The zero-order chi connectivity index (χ0) is 12.6. The van der Waals surface area contributed by atoms with Crippen LogP contribution < -0.4 is 4.74 Å². The zero-order valence-corrected chi connectivity index (χ0v) is 11.4. The molecule has 0 fully saturated rings. The van der Waals surface area contributed by atoms with Crippen LogP contribution in [-0.4, -0.2) is 18.8 Å². The van der Waals surface area contributed by atoms with Crippen molar-refractivity contribution in [3.63, 3.8) is 0 Å². The van der Waals surface area contributed by atoms with E-state index in [-0.39, 0.29) is 12.0 Å². The normalized spacial score (nSPS) is 14.9. The van der Waals surface area contributed by atoms with Crippen molar-refractivity contribution in [2.24, 2.45) is 0 Å². The lowest BCUT2D eigenvalue weighted by atomic mass is 9.83. The second kappa shape index (κ2) is 4.51. The molecule has 0 atom stereocenters. The molecule has 94 valence electrons. The molecule has 0 bridgehead atoms. The maximum absolute atomic E-state index is 9.51. The number of rotatable bonds is 3. The van der Waals surface area contributed by atoms with Gasteiger partial charge in [-0.25, -0.2) is 0 Å². The van der Waals surface area contributed by atoms with Gasteiger partial charge in [0.05, 0.1) is 18.7 Å². The summed E-state index contributed by atoms with van der Waals surface area (Å²) in [5, 5.41) is 10.2.